The summed E-state index contributed by atoms with van der Waals surface area (Å²) in [5.74, 6) is 0.358. The van der Waals surface area contributed by atoms with E-state index in [2.05, 4.69) is 46.9 Å². The molecule has 2 atom stereocenters. The topological polar surface area (TPSA) is 79.2 Å². The first-order chi connectivity index (χ1) is 11.2. The second-order valence-electron chi connectivity index (χ2n) is 6.00. The van der Waals surface area contributed by atoms with Gasteiger partial charge in [0.1, 0.15) is 6.54 Å². The number of aliphatic hydroxyl groups excluding tert-OH is 1. The quantitative estimate of drug-likeness (QED) is 0.752. The molecule has 1 aromatic carbocycles. The smallest absolute Gasteiger partial charge is 0.241 e. The molecule has 0 saturated heterocycles. The van der Waals surface area contributed by atoms with E-state index in [1.807, 2.05) is 6.20 Å². The van der Waals surface area contributed by atoms with Crippen LogP contribution < -0.4 is 10.6 Å². The summed E-state index contributed by atoms with van der Waals surface area (Å²) < 4.78 is 1.60. The Kier molecular flexibility index (Phi) is 4.62. The van der Waals surface area contributed by atoms with Gasteiger partial charge in [0, 0.05) is 12.7 Å². The maximum atomic E-state index is 11.6. The SMILES string of the molecule is C[C@@H]1Cc2ccccc2[C@H]1Nc1cnn(CC(=O)NCCO)c1. The van der Waals surface area contributed by atoms with Crippen LogP contribution in [0.25, 0.3) is 0 Å². The van der Waals surface area contributed by atoms with Crippen molar-refractivity contribution in [2.24, 2.45) is 5.92 Å². The summed E-state index contributed by atoms with van der Waals surface area (Å²) >= 11 is 0. The minimum Gasteiger partial charge on any atom is -0.395 e. The molecule has 0 spiro atoms. The molecule has 3 N–H and O–H groups in total. The van der Waals surface area contributed by atoms with Crippen LogP contribution in [0, 0.1) is 5.92 Å². The molecule has 0 unspecified atom stereocenters. The zero-order valence-corrected chi connectivity index (χ0v) is 13.2. The van der Waals surface area contributed by atoms with Crippen LogP contribution in [-0.4, -0.2) is 33.9 Å². The van der Waals surface area contributed by atoms with Crippen molar-refractivity contribution in [2.75, 3.05) is 18.5 Å². The number of amides is 1. The zero-order valence-electron chi connectivity index (χ0n) is 13.2. The largest absolute Gasteiger partial charge is 0.395 e. The van der Waals surface area contributed by atoms with Gasteiger partial charge in [-0.2, -0.15) is 5.10 Å². The fourth-order valence-corrected chi connectivity index (χ4v) is 3.12. The Bertz CT molecular complexity index is 683. The van der Waals surface area contributed by atoms with Gasteiger partial charge in [-0.1, -0.05) is 31.2 Å². The Morgan fingerprint density at radius 2 is 2.26 bits per heavy atom. The third kappa shape index (κ3) is 3.53. The van der Waals surface area contributed by atoms with Gasteiger partial charge in [-0.05, 0) is 23.5 Å². The molecule has 23 heavy (non-hydrogen) atoms. The van der Waals surface area contributed by atoms with E-state index in [0.717, 1.165) is 12.1 Å². The van der Waals surface area contributed by atoms with Gasteiger partial charge >= 0.3 is 0 Å². The number of hydrogen-bond donors (Lipinski definition) is 3. The van der Waals surface area contributed by atoms with Gasteiger partial charge in [0.05, 0.1) is 24.5 Å². The standard InChI is InChI=1S/C17H22N4O2/c1-12-8-13-4-2-3-5-15(13)17(12)20-14-9-19-21(10-14)11-16(23)18-6-7-22/h2-5,9-10,12,17,20,22H,6-8,11H2,1H3,(H,18,23)/t12-,17+/m1/s1. The Morgan fingerprint density at radius 3 is 3.09 bits per heavy atom. The van der Waals surface area contributed by atoms with E-state index in [9.17, 15) is 4.79 Å². The number of anilines is 1. The Balaban J connectivity index is 1.64. The first-order valence-electron chi connectivity index (χ1n) is 7.91. The number of nitrogens with one attached hydrogen (secondary N) is 2. The van der Waals surface area contributed by atoms with Crippen molar-refractivity contribution in [1.82, 2.24) is 15.1 Å². The second kappa shape index (κ2) is 6.83. The summed E-state index contributed by atoms with van der Waals surface area (Å²) in [5, 5.41) is 19.1. The van der Waals surface area contributed by atoms with Crippen LogP contribution in [0.3, 0.4) is 0 Å². The molecule has 0 radical (unpaired) electrons. The van der Waals surface area contributed by atoms with Crippen LogP contribution >= 0.6 is 0 Å². The van der Waals surface area contributed by atoms with Crippen LogP contribution in [0.4, 0.5) is 5.69 Å². The number of rotatable bonds is 6. The first-order valence-corrected chi connectivity index (χ1v) is 7.91. The van der Waals surface area contributed by atoms with Crippen molar-refractivity contribution < 1.29 is 9.90 Å². The number of carbonyl (C=O) groups is 1. The number of nitrogens with zero attached hydrogens (tertiary/aromatic N) is 2. The predicted octanol–water partition coefficient (Wildman–Crippen LogP) is 1.34. The summed E-state index contributed by atoms with van der Waals surface area (Å²) in [6.07, 6.45) is 4.66. The van der Waals surface area contributed by atoms with Crippen molar-refractivity contribution in [1.29, 1.82) is 0 Å². The highest BCUT2D eigenvalue weighted by Crippen LogP contribution is 2.37. The van der Waals surface area contributed by atoms with Gasteiger partial charge < -0.3 is 15.7 Å². The molecule has 1 aliphatic carbocycles. The summed E-state index contributed by atoms with van der Waals surface area (Å²) in [4.78, 5) is 11.6. The third-order valence-corrected chi connectivity index (χ3v) is 4.20. The van der Waals surface area contributed by atoms with E-state index in [-0.39, 0.29) is 31.6 Å². The Labute approximate surface area is 135 Å². The van der Waals surface area contributed by atoms with Crippen LogP contribution in [0.1, 0.15) is 24.1 Å². The molecule has 6 nitrogen and oxygen atoms in total. The molecule has 0 saturated carbocycles. The first kappa shape index (κ1) is 15.6. The molecule has 1 amide bonds. The van der Waals surface area contributed by atoms with Crippen LogP contribution in [0.2, 0.25) is 0 Å². The lowest BCUT2D eigenvalue weighted by molar-refractivity contribution is -0.122. The van der Waals surface area contributed by atoms with E-state index in [1.165, 1.54) is 11.1 Å². The lowest BCUT2D eigenvalue weighted by atomic mass is 10.0. The molecule has 0 bridgehead atoms. The maximum absolute atomic E-state index is 11.6. The number of aromatic nitrogens is 2. The van der Waals surface area contributed by atoms with Gasteiger partial charge in [0.2, 0.25) is 5.91 Å². The molecular weight excluding hydrogens is 292 g/mol. The fraction of sp³-hybridized carbons (Fsp3) is 0.412. The molecule has 1 heterocycles. The van der Waals surface area contributed by atoms with Crippen LogP contribution in [-0.2, 0) is 17.8 Å². The zero-order chi connectivity index (χ0) is 16.2. The van der Waals surface area contributed by atoms with E-state index < -0.39 is 0 Å². The summed E-state index contributed by atoms with van der Waals surface area (Å²) in [5.41, 5.74) is 3.65. The van der Waals surface area contributed by atoms with Gasteiger partial charge in [-0.3, -0.25) is 9.48 Å². The van der Waals surface area contributed by atoms with Crippen LogP contribution in [0.5, 0.6) is 0 Å². The maximum Gasteiger partial charge on any atom is 0.241 e. The van der Waals surface area contributed by atoms with Gasteiger partial charge in [0.25, 0.3) is 0 Å². The van der Waals surface area contributed by atoms with Gasteiger partial charge in [0.15, 0.2) is 0 Å². The molecule has 1 aromatic heterocycles. The Morgan fingerprint density at radius 1 is 1.43 bits per heavy atom. The number of carbonyl (C=O) groups excluding carboxylic acids is 1. The molecular formula is C17H22N4O2. The predicted molar refractivity (Wildman–Crippen MR) is 88.0 cm³/mol. The highest BCUT2D eigenvalue weighted by atomic mass is 16.3. The van der Waals surface area contributed by atoms with E-state index >= 15 is 0 Å². The molecule has 1 aliphatic rings. The molecule has 0 fully saturated rings. The summed E-state index contributed by atoms with van der Waals surface area (Å²) in [6, 6.07) is 8.77. The average Bonchev–Trinajstić information content (AvgIpc) is 3.10. The number of hydrogen-bond acceptors (Lipinski definition) is 4. The van der Waals surface area contributed by atoms with E-state index in [0.29, 0.717) is 5.92 Å². The second-order valence-corrected chi connectivity index (χ2v) is 6.00. The molecule has 0 aliphatic heterocycles. The van der Waals surface area contributed by atoms with Gasteiger partial charge in [-0.15, -0.1) is 0 Å². The average molecular weight is 314 g/mol. The number of benzene rings is 1. The number of fused-ring (bicyclic) bond motifs is 1. The van der Waals surface area contributed by atoms with Crippen molar-refractivity contribution in [3.8, 4) is 0 Å². The lowest BCUT2D eigenvalue weighted by Crippen LogP contribution is -2.30. The van der Waals surface area contributed by atoms with E-state index in [1.54, 1.807) is 10.9 Å². The minimum absolute atomic E-state index is 0.0589. The lowest BCUT2D eigenvalue weighted by Gasteiger charge is -2.18. The van der Waals surface area contributed by atoms with Crippen molar-refractivity contribution in [2.45, 2.75) is 25.9 Å². The summed E-state index contributed by atoms with van der Waals surface area (Å²) in [6.45, 7) is 2.60. The van der Waals surface area contributed by atoms with Crippen molar-refractivity contribution in [3.63, 3.8) is 0 Å². The molecule has 6 heteroatoms. The van der Waals surface area contributed by atoms with E-state index in [4.69, 9.17) is 5.11 Å². The Hall–Kier alpha value is -2.34. The minimum atomic E-state index is -0.159. The van der Waals surface area contributed by atoms with Crippen LogP contribution in [0.15, 0.2) is 36.7 Å². The highest BCUT2D eigenvalue weighted by Gasteiger charge is 2.29. The molecule has 122 valence electrons. The molecule has 2 aromatic rings. The fourth-order valence-electron chi connectivity index (χ4n) is 3.12. The molecule has 3 rings (SSSR count). The van der Waals surface area contributed by atoms with Crippen molar-refractivity contribution in [3.05, 3.63) is 47.8 Å². The van der Waals surface area contributed by atoms with Gasteiger partial charge in [-0.25, -0.2) is 0 Å². The highest BCUT2D eigenvalue weighted by molar-refractivity contribution is 5.75. The summed E-state index contributed by atoms with van der Waals surface area (Å²) in [7, 11) is 0. The third-order valence-electron chi connectivity index (χ3n) is 4.20. The normalized spacial score (nSPS) is 19.4. The monoisotopic (exact) mass is 314 g/mol. The van der Waals surface area contributed by atoms with Crippen molar-refractivity contribution >= 4 is 11.6 Å². The number of aliphatic hydroxyl groups is 1.